The van der Waals surface area contributed by atoms with Gasteiger partial charge in [-0.25, -0.2) is 9.59 Å². The van der Waals surface area contributed by atoms with E-state index in [0.717, 1.165) is 39.3 Å². The normalized spacial score (nSPS) is 11.9. The highest BCUT2D eigenvalue weighted by Crippen LogP contribution is 2.35. The summed E-state index contributed by atoms with van der Waals surface area (Å²) in [6, 6.07) is 48.6. The van der Waals surface area contributed by atoms with E-state index in [1.165, 1.54) is 0 Å². The molecule has 7 nitrogen and oxygen atoms in total. The van der Waals surface area contributed by atoms with Crippen molar-refractivity contribution in [2.24, 2.45) is 0 Å². The van der Waals surface area contributed by atoms with Crippen LogP contribution in [-0.2, 0) is 19.1 Å². The number of carbonyl (C=O) groups is 2. The Bertz CT molecular complexity index is 2080. The Morgan fingerprint density at radius 1 is 0.528 bits per heavy atom. The minimum Gasteiger partial charge on any atom is -0.462 e. The molecule has 5 aromatic rings. The van der Waals surface area contributed by atoms with Crippen LogP contribution in [0.25, 0.3) is 23.3 Å². The minimum absolute atomic E-state index is 0.0590. The average Bonchev–Trinajstić information content (AvgIpc) is 3.20. The number of nitrogens with zero attached hydrogens (tertiary/aromatic N) is 3. The predicted molar refractivity (Wildman–Crippen MR) is 210 cm³/mol. The van der Waals surface area contributed by atoms with Gasteiger partial charge < -0.3 is 14.4 Å². The van der Waals surface area contributed by atoms with E-state index in [1.54, 1.807) is 26.0 Å². The fraction of sp³-hybridized carbons (Fsp3) is 0.0870. The largest absolute Gasteiger partial charge is 0.462 e. The molecule has 0 aliphatic heterocycles. The van der Waals surface area contributed by atoms with Crippen LogP contribution < -0.4 is 4.90 Å². The molecule has 0 aromatic heterocycles. The Morgan fingerprint density at radius 3 is 1.21 bits per heavy atom. The maximum absolute atomic E-state index is 12.6. The molecule has 0 unspecified atom stereocenters. The molecule has 53 heavy (non-hydrogen) atoms. The van der Waals surface area contributed by atoms with Crippen molar-refractivity contribution in [2.75, 3.05) is 18.1 Å². The first-order chi connectivity index (χ1) is 26.0. The van der Waals surface area contributed by atoms with E-state index in [4.69, 9.17) is 9.47 Å². The van der Waals surface area contributed by atoms with Crippen molar-refractivity contribution in [3.63, 3.8) is 0 Å². The van der Waals surface area contributed by atoms with Crippen LogP contribution >= 0.6 is 0 Å². The highest BCUT2D eigenvalue weighted by atomic mass is 16.5. The van der Waals surface area contributed by atoms with E-state index < -0.39 is 11.9 Å². The molecule has 0 N–H and O–H groups in total. The smallest absolute Gasteiger partial charge is 0.349 e. The van der Waals surface area contributed by atoms with Gasteiger partial charge in [0.05, 0.1) is 13.2 Å². The summed E-state index contributed by atoms with van der Waals surface area (Å²) < 4.78 is 10.3. The maximum atomic E-state index is 12.6. The number of benzene rings is 5. The van der Waals surface area contributed by atoms with Crippen LogP contribution in [0.4, 0.5) is 17.1 Å². The molecular weight excluding hydrogens is 659 g/mol. The standard InChI is InChI=1S/C46H37N3O4/c1-3-52-45(50)43(32-47)41(36-14-8-5-9-15-36)30-24-34-20-26-39(27-21-34)49(38-18-12-7-13-19-38)40-28-22-35(23-29-40)25-31-42(37-16-10-6-11-17-37)44(33-48)46(51)53-4-2/h5-31H,3-4H2,1-2H3/b30-24+,31-25+,43-41-,44-42+. The zero-order valence-corrected chi connectivity index (χ0v) is 29.5. The maximum Gasteiger partial charge on any atom is 0.349 e. The van der Waals surface area contributed by atoms with Crippen molar-refractivity contribution in [3.8, 4) is 12.1 Å². The van der Waals surface area contributed by atoms with Crippen molar-refractivity contribution in [1.29, 1.82) is 10.5 Å². The summed E-state index contributed by atoms with van der Waals surface area (Å²) in [6.45, 7) is 3.75. The van der Waals surface area contributed by atoms with E-state index in [0.29, 0.717) is 11.1 Å². The number of allylic oxidation sites excluding steroid dienone is 4. The molecule has 7 heteroatoms. The lowest BCUT2D eigenvalue weighted by Gasteiger charge is -2.25. The van der Waals surface area contributed by atoms with Gasteiger partial charge in [-0.15, -0.1) is 0 Å². The molecular formula is C46H37N3O4. The van der Waals surface area contributed by atoms with Crippen molar-refractivity contribution in [1.82, 2.24) is 0 Å². The van der Waals surface area contributed by atoms with Crippen LogP contribution in [0.1, 0.15) is 36.1 Å². The number of hydrogen-bond acceptors (Lipinski definition) is 7. The Labute approximate surface area is 310 Å². The van der Waals surface area contributed by atoms with Gasteiger partial charge >= 0.3 is 11.9 Å². The molecule has 0 spiro atoms. The van der Waals surface area contributed by atoms with Gasteiger partial charge in [-0.05, 0) is 72.5 Å². The van der Waals surface area contributed by atoms with Gasteiger partial charge in [-0.3, -0.25) is 0 Å². The molecule has 0 aliphatic carbocycles. The summed E-state index contributed by atoms with van der Waals surface area (Å²) in [6.07, 6.45) is 7.28. The molecule has 0 atom stereocenters. The number of para-hydroxylation sites is 1. The SMILES string of the molecule is CCOC(=O)/C(C#N)=C(/C=C/c1ccc(N(c2ccccc2)c2ccc(/C=C/C(=C(/C#N)C(=O)OCC)c3ccccc3)cc2)cc1)c1ccccc1. The summed E-state index contributed by atoms with van der Waals surface area (Å²) in [5, 5.41) is 19.7. The van der Waals surface area contributed by atoms with Crippen LogP contribution in [-0.4, -0.2) is 25.2 Å². The first-order valence-electron chi connectivity index (χ1n) is 17.1. The summed E-state index contributed by atoms with van der Waals surface area (Å²) in [7, 11) is 0. The summed E-state index contributed by atoms with van der Waals surface area (Å²) in [5.41, 5.74) is 6.85. The Hall–Kier alpha value is -7.22. The van der Waals surface area contributed by atoms with Crippen LogP contribution in [0.3, 0.4) is 0 Å². The second kappa shape index (κ2) is 18.7. The van der Waals surface area contributed by atoms with Crippen molar-refractivity contribution >= 4 is 52.3 Å². The number of anilines is 3. The lowest BCUT2D eigenvalue weighted by molar-refractivity contribution is -0.138. The number of hydrogen-bond donors (Lipinski definition) is 0. The predicted octanol–water partition coefficient (Wildman–Crippen LogP) is 10.3. The zero-order chi connectivity index (χ0) is 37.4. The van der Waals surface area contributed by atoms with Gasteiger partial charge in [-0.1, -0.05) is 127 Å². The molecule has 0 aliphatic rings. The van der Waals surface area contributed by atoms with Crippen LogP contribution in [0.2, 0.25) is 0 Å². The van der Waals surface area contributed by atoms with Gasteiger partial charge in [0.25, 0.3) is 0 Å². The first-order valence-corrected chi connectivity index (χ1v) is 17.1. The van der Waals surface area contributed by atoms with E-state index in [9.17, 15) is 20.1 Å². The van der Waals surface area contributed by atoms with E-state index in [-0.39, 0.29) is 24.4 Å². The molecule has 0 fully saturated rings. The topological polar surface area (TPSA) is 103 Å². The zero-order valence-electron chi connectivity index (χ0n) is 29.5. The molecule has 260 valence electrons. The highest BCUT2D eigenvalue weighted by Gasteiger charge is 2.18. The van der Waals surface area contributed by atoms with Crippen molar-refractivity contribution < 1.29 is 19.1 Å². The number of nitriles is 2. The van der Waals surface area contributed by atoms with Crippen molar-refractivity contribution in [3.05, 3.63) is 185 Å². The Kier molecular flexibility index (Phi) is 13.1. The quantitative estimate of drug-likeness (QED) is 0.0523. The lowest BCUT2D eigenvalue weighted by Crippen LogP contribution is -2.09. The van der Waals surface area contributed by atoms with Gasteiger partial charge in [0, 0.05) is 28.2 Å². The van der Waals surface area contributed by atoms with Gasteiger partial charge in [0.2, 0.25) is 0 Å². The number of esters is 2. The molecule has 0 amide bonds. The van der Waals surface area contributed by atoms with Crippen LogP contribution in [0, 0.1) is 22.7 Å². The summed E-state index contributed by atoms with van der Waals surface area (Å²) >= 11 is 0. The van der Waals surface area contributed by atoms with Gasteiger partial charge in [0.1, 0.15) is 23.3 Å². The first kappa shape index (κ1) is 37.0. The highest BCUT2D eigenvalue weighted by molar-refractivity contribution is 6.05. The third kappa shape index (κ3) is 9.52. The number of carbonyl (C=O) groups excluding carboxylic acids is 2. The Balaban J connectivity index is 1.46. The van der Waals surface area contributed by atoms with Crippen LogP contribution in [0.5, 0.6) is 0 Å². The third-order valence-corrected chi connectivity index (χ3v) is 8.09. The Morgan fingerprint density at radius 2 is 0.868 bits per heavy atom. The fourth-order valence-electron chi connectivity index (χ4n) is 5.57. The minimum atomic E-state index is -0.662. The molecule has 0 saturated carbocycles. The molecule has 0 radical (unpaired) electrons. The fourth-order valence-corrected chi connectivity index (χ4v) is 5.57. The summed E-state index contributed by atoms with van der Waals surface area (Å²) in [5.74, 6) is -1.32. The second-order valence-corrected chi connectivity index (χ2v) is 11.5. The third-order valence-electron chi connectivity index (χ3n) is 8.09. The molecule has 5 aromatic carbocycles. The lowest BCUT2D eigenvalue weighted by atomic mass is 9.99. The average molecular weight is 696 g/mol. The molecule has 0 bridgehead atoms. The van der Waals surface area contributed by atoms with E-state index in [1.807, 2.05) is 164 Å². The molecule has 0 saturated heterocycles. The number of rotatable bonds is 13. The van der Waals surface area contributed by atoms with E-state index >= 15 is 0 Å². The summed E-state index contributed by atoms with van der Waals surface area (Å²) in [4.78, 5) is 27.4. The van der Waals surface area contributed by atoms with Gasteiger partial charge in [-0.2, -0.15) is 10.5 Å². The molecule has 5 rings (SSSR count). The second-order valence-electron chi connectivity index (χ2n) is 11.5. The monoisotopic (exact) mass is 695 g/mol. The van der Waals surface area contributed by atoms with Crippen molar-refractivity contribution in [2.45, 2.75) is 13.8 Å². The number of ether oxygens (including phenoxy) is 2. The van der Waals surface area contributed by atoms with Crippen LogP contribution in [0.15, 0.2) is 163 Å². The molecule has 0 heterocycles. The van der Waals surface area contributed by atoms with Gasteiger partial charge in [0.15, 0.2) is 0 Å². The van der Waals surface area contributed by atoms with E-state index in [2.05, 4.69) is 4.90 Å².